The van der Waals surface area contributed by atoms with Gasteiger partial charge in [0.2, 0.25) is 0 Å². The Morgan fingerprint density at radius 3 is 2.22 bits per heavy atom. The van der Waals surface area contributed by atoms with Gasteiger partial charge in [0.15, 0.2) is 16.6 Å². The molecule has 4 nitrogen and oxygen atoms in total. The molecule has 32 heavy (non-hydrogen) atoms. The monoisotopic (exact) mass is 477 g/mol. The minimum absolute atomic E-state index is 0.251. The molecule has 0 bridgehead atoms. The quantitative estimate of drug-likeness (QED) is 0.316. The fourth-order valence-corrected chi connectivity index (χ4v) is 10.2. The lowest BCUT2D eigenvalue weighted by molar-refractivity contribution is -0.0750. The maximum absolute atomic E-state index is 6.98. The zero-order chi connectivity index (χ0) is 23.5. The highest BCUT2D eigenvalue weighted by Gasteiger charge is 2.62. The van der Waals surface area contributed by atoms with Crippen molar-refractivity contribution in [2.24, 2.45) is 33.7 Å². The van der Waals surface area contributed by atoms with Crippen molar-refractivity contribution in [1.82, 2.24) is 0 Å². The number of hydrogen-bond donors (Lipinski definition) is 0. The maximum Gasteiger partial charge on any atom is 0.184 e. The Labute approximate surface area is 198 Å². The molecule has 182 valence electrons. The SMILES string of the molecule is CO/N=C1\C=C2CC[C@H]3[C@@H]4C[C@@H](O[Si](C)(C)C)[C@H](O[Si](C)(C)C)[C@@]4(C)CC[C@@H]3[C@@]2(C)CC1. The van der Waals surface area contributed by atoms with E-state index in [0.717, 1.165) is 29.9 Å². The van der Waals surface area contributed by atoms with Crippen molar-refractivity contribution in [3.63, 3.8) is 0 Å². The van der Waals surface area contributed by atoms with Crippen molar-refractivity contribution in [3.05, 3.63) is 11.6 Å². The van der Waals surface area contributed by atoms with E-state index in [9.17, 15) is 0 Å². The third-order valence-electron chi connectivity index (χ3n) is 9.08. The van der Waals surface area contributed by atoms with Gasteiger partial charge < -0.3 is 13.7 Å². The third-order valence-corrected chi connectivity index (χ3v) is 11.1. The van der Waals surface area contributed by atoms with Crippen LogP contribution in [0.25, 0.3) is 0 Å². The highest BCUT2D eigenvalue weighted by Crippen LogP contribution is 2.66. The first-order chi connectivity index (χ1) is 14.8. The number of fused-ring (bicyclic) bond motifs is 5. The summed E-state index contributed by atoms with van der Waals surface area (Å²) in [6.07, 6.45) is 11.5. The van der Waals surface area contributed by atoms with Crippen molar-refractivity contribution in [1.29, 1.82) is 0 Å². The van der Waals surface area contributed by atoms with Crippen molar-refractivity contribution < 1.29 is 13.7 Å². The van der Waals surface area contributed by atoms with Crippen LogP contribution in [-0.4, -0.2) is 41.7 Å². The summed E-state index contributed by atoms with van der Waals surface area (Å²) in [7, 11) is -1.64. The summed E-state index contributed by atoms with van der Waals surface area (Å²) in [5.74, 6) is 2.29. The number of rotatable bonds is 5. The van der Waals surface area contributed by atoms with Crippen molar-refractivity contribution in [3.8, 4) is 0 Å². The van der Waals surface area contributed by atoms with E-state index in [1.54, 1.807) is 12.7 Å². The Morgan fingerprint density at radius 2 is 1.59 bits per heavy atom. The van der Waals surface area contributed by atoms with Gasteiger partial charge in [0.25, 0.3) is 0 Å². The zero-order valence-electron chi connectivity index (χ0n) is 22.1. The fourth-order valence-electron chi connectivity index (χ4n) is 7.86. The van der Waals surface area contributed by atoms with Gasteiger partial charge in [0.05, 0.1) is 17.9 Å². The number of nitrogens with zero attached hydrogens (tertiary/aromatic N) is 1. The van der Waals surface area contributed by atoms with Gasteiger partial charge in [-0.3, -0.25) is 0 Å². The lowest BCUT2D eigenvalue weighted by atomic mass is 9.47. The summed E-state index contributed by atoms with van der Waals surface area (Å²) >= 11 is 0. The van der Waals surface area contributed by atoms with Crippen LogP contribution in [0, 0.1) is 28.6 Å². The van der Waals surface area contributed by atoms with Crippen LogP contribution in [0.4, 0.5) is 0 Å². The predicted octanol–water partition coefficient (Wildman–Crippen LogP) is 7.00. The molecule has 6 heteroatoms. The Morgan fingerprint density at radius 1 is 0.906 bits per heavy atom. The van der Waals surface area contributed by atoms with Gasteiger partial charge in [-0.15, -0.1) is 0 Å². The Hall–Kier alpha value is -0.436. The first-order valence-corrected chi connectivity index (χ1v) is 19.8. The molecule has 0 aromatic heterocycles. The van der Waals surface area contributed by atoms with E-state index in [2.05, 4.69) is 64.4 Å². The van der Waals surface area contributed by atoms with E-state index in [4.69, 9.17) is 13.7 Å². The van der Waals surface area contributed by atoms with Gasteiger partial charge in [-0.1, -0.05) is 24.6 Å². The second-order valence-electron chi connectivity index (χ2n) is 13.5. The van der Waals surface area contributed by atoms with Gasteiger partial charge in [-0.25, -0.2) is 0 Å². The van der Waals surface area contributed by atoms with E-state index >= 15 is 0 Å². The lowest BCUT2D eigenvalue weighted by Gasteiger charge is -2.58. The van der Waals surface area contributed by atoms with Crippen molar-refractivity contribution >= 4 is 22.3 Å². The van der Waals surface area contributed by atoms with Gasteiger partial charge >= 0.3 is 0 Å². The van der Waals surface area contributed by atoms with E-state index < -0.39 is 16.6 Å². The summed E-state index contributed by atoms with van der Waals surface area (Å²) in [5, 5.41) is 4.28. The molecular weight excluding hydrogens is 430 g/mol. The molecule has 0 saturated heterocycles. The molecule has 3 fully saturated rings. The molecule has 0 heterocycles. The molecule has 0 aromatic carbocycles. The van der Waals surface area contributed by atoms with E-state index in [-0.39, 0.29) is 17.6 Å². The molecule has 0 N–H and O–H groups in total. The Balaban J connectivity index is 1.64. The third kappa shape index (κ3) is 4.46. The van der Waals surface area contributed by atoms with Crippen LogP contribution in [-0.2, 0) is 13.7 Å². The van der Waals surface area contributed by atoms with Gasteiger partial charge in [0, 0.05) is 0 Å². The first kappa shape index (κ1) is 24.7. The topological polar surface area (TPSA) is 40.0 Å². The number of allylic oxidation sites excluding steroid dienone is 2. The number of oxime groups is 1. The summed E-state index contributed by atoms with van der Waals surface area (Å²) < 4.78 is 13.8. The van der Waals surface area contributed by atoms with Crippen LogP contribution in [0.2, 0.25) is 39.3 Å². The summed E-state index contributed by atoms with van der Waals surface area (Å²) in [4.78, 5) is 5.10. The highest BCUT2D eigenvalue weighted by molar-refractivity contribution is 6.70. The average Bonchev–Trinajstić information content (AvgIpc) is 2.91. The van der Waals surface area contributed by atoms with Crippen LogP contribution >= 0.6 is 0 Å². The Bertz CT molecular complexity index is 783. The molecule has 3 saturated carbocycles. The van der Waals surface area contributed by atoms with Gasteiger partial charge in [-0.05, 0) is 119 Å². The van der Waals surface area contributed by atoms with E-state index in [0.29, 0.717) is 5.41 Å². The van der Waals surface area contributed by atoms with E-state index in [1.807, 2.05) is 0 Å². The van der Waals surface area contributed by atoms with Crippen molar-refractivity contribution in [2.45, 2.75) is 110 Å². The van der Waals surface area contributed by atoms with Crippen LogP contribution in [0.5, 0.6) is 0 Å². The zero-order valence-corrected chi connectivity index (χ0v) is 24.1. The normalized spacial score (nSPS) is 43.3. The predicted molar refractivity (Wildman–Crippen MR) is 138 cm³/mol. The minimum Gasteiger partial charge on any atom is -0.412 e. The second-order valence-corrected chi connectivity index (χ2v) is 22.4. The first-order valence-electron chi connectivity index (χ1n) is 12.9. The summed E-state index contributed by atoms with van der Waals surface area (Å²) in [6, 6.07) is 0. The molecule has 7 atom stereocenters. The summed E-state index contributed by atoms with van der Waals surface area (Å²) in [5.41, 5.74) is 3.34. The van der Waals surface area contributed by atoms with Crippen LogP contribution < -0.4 is 0 Å². The van der Waals surface area contributed by atoms with Crippen LogP contribution in [0.1, 0.15) is 58.8 Å². The largest absolute Gasteiger partial charge is 0.412 e. The Kier molecular flexibility index (Phi) is 6.44. The van der Waals surface area contributed by atoms with Gasteiger partial charge in [-0.2, -0.15) is 0 Å². The molecular formula is C26H47NO3Si2. The van der Waals surface area contributed by atoms with Gasteiger partial charge in [0.1, 0.15) is 7.11 Å². The lowest BCUT2D eigenvalue weighted by Crippen LogP contribution is -2.53. The highest BCUT2D eigenvalue weighted by atomic mass is 28.4. The van der Waals surface area contributed by atoms with Crippen molar-refractivity contribution in [2.75, 3.05) is 7.11 Å². The molecule has 0 radical (unpaired) electrons. The molecule has 0 spiro atoms. The van der Waals surface area contributed by atoms with E-state index in [1.165, 1.54) is 38.5 Å². The molecule has 4 rings (SSSR count). The molecule has 4 aliphatic rings. The maximum atomic E-state index is 6.98. The van der Waals surface area contributed by atoms with Crippen LogP contribution in [0.3, 0.4) is 0 Å². The minimum atomic E-state index is -1.66. The fraction of sp³-hybridized carbons (Fsp3) is 0.885. The average molecular weight is 478 g/mol. The smallest absolute Gasteiger partial charge is 0.184 e. The molecule has 0 unspecified atom stereocenters. The molecule has 4 aliphatic carbocycles. The van der Waals surface area contributed by atoms with Crippen LogP contribution in [0.15, 0.2) is 16.8 Å². The molecule has 0 aliphatic heterocycles. The summed E-state index contributed by atoms with van der Waals surface area (Å²) in [6.45, 7) is 19.2. The standard InChI is InChI=1S/C26H47NO3Si2/c1-25-14-12-19(27-28-3)16-18(25)10-11-20-21(25)13-15-26(2)22(20)17-23(29-31(4,5)6)24(26)30-32(7,8)9/h16,20-24H,10-15,17H2,1-9H3/b27-19-/t20-,21+,22+,23-,24+,25+,26+/m1/s1. The molecule has 0 amide bonds. The molecule has 0 aromatic rings. The second kappa shape index (κ2) is 8.35. The number of hydrogen-bond acceptors (Lipinski definition) is 4.